The van der Waals surface area contributed by atoms with Gasteiger partial charge in [-0.1, -0.05) is 0 Å². The molecule has 9 aliphatic heterocycles. The van der Waals surface area contributed by atoms with Crippen LogP contribution in [-0.2, 0) is 94.9 Å². The molecule has 9 rings (SSSR count). The largest absolute Gasteiger partial charge is 0.394 e. The highest BCUT2D eigenvalue weighted by Gasteiger charge is 2.61. The Bertz CT molecular complexity index is 2840. The third-order valence-electron chi connectivity index (χ3n) is 19.9. The SMILES string of the molecule is CC(=O)N[C@H]1C(O)O[C@H](CO)[C@@H](OC2O[C@H](CO)[C@@H](OC3O[C@H](COC4O[C@H](COC5O[C@H](CO)[C@@H](O)[C@H](O)[C@@H]5O)[C@@H](O)[C@H](OC5O[C@H](CO)[C@@H](O)[C@H](O)[C@@H]5O)[C@@H]4O)[C@@H](O)[C@H](OC4O[C@H](CO)[C@@H](O)[C@H](O)[C@@H]4OC4O[C@H](CO)[C@@H](OC5O[C@H](CO)[C@H](O)[C@H](O)[C@H]5O)[C@H](O)[C@H]4NC(C)=O)[C@@H]3O)[C@H](O)[C@H]2NC(C)=O)[C@@H]1O. The van der Waals surface area contributed by atoms with Crippen molar-refractivity contribution in [1.82, 2.24) is 16.0 Å². The van der Waals surface area contributed by atoms with E-state index >= 15 is 0 Å². The molecule has 9 fully saturated rings. The maximum absolute atomic E-state index is 13.0. The summed E-state index contributed by atoms with van der Waals surface area (Å²) in [6.07, 6.45) is -87.5. The van der Waals surface area contributed by atoms with E-state index in [-0.39, 0.29) is 0 Å². The molecule has 49 heteroatoms. The van der Waals surface area contributed by atoms with Crippen LogP contribution < -0.4 is 16.0 Å². The molecule has 0 aromatic heterocycles. The van der Waals surface area contributed by atoms with Crippen LogP contribution in [0.2, 0.25) is 0 Å². The molecule has 0 aliphatic carbocycles. The molecule has 29 N–H and O–H groups in total. The highest BCUT2D eigenvalue weighted by molar-refractivity contribution is 5.74. The molecule has 0 spiro atoms. The first-order valence-corrected chi connectivity index (χ1v) is 34.6. The van der Waals surface area contributed by atoms with Gasteiger partial charge in [-0.2, -0.15) is 0 Å². The monoisotopic (exact) mass is 1600 g/mol. The molecule has 3 amide bonds. The Hall–Kier alpha value is -3.31. The van der Waals surface area contributed by atoms with E-state index in [0.717, 1.165) is 20.8 Å². The lowest BCUT2D eigenvalue weighted by Crippen LogP contribution is -2.71. The van der Waals surface area contributed by atoms with Gasteiger partial charge in [-0.25, -0.2) is 0 Å². The van der Waals surface area contributed by atoms with Crippen LogP contribution in [-0.4, -0.2) is 486 Å². The van der Waals surface area contributed by atoms with Crippen LogP contribution >= 0.6 is 0 Å². The van der Waals surface area contributed by atoms with Crippen LogP contribution in [0, 0.1) is 0 Å². The van der Waals surface area contributed by atoms with Gasteiger partial charge >= 0.3 is 0 Å². The zero-order valence-corrected chi connectivity index (χ0v) is 58.1. The summed E-state index contributed by atoms with van der Waals surface area (Å²) in [5, 5.41) is 294. The highest BCUT2D eigenvalue weighted by Crippen LogP contribution is 2.40. The molecular weight excluding hydrogens is 1500 g/mol. The predicted molar refractivity (Wildman–Crippen MR) is 332 cm³/mol. The van der Waals surface area contributed by atoms with Crippen molar-refractivity contribution in [2.75, 3.05) is 59.5 Å². The fourth-order valence-electron chi connectivity index (χ4n) is 14.0. The van der Waals surface area contributed by atoms with Gasteiger partial charge in [-0.05, 0) is 0 Å². The number of rotatable bonds is 28. The van der Waals surface area contributed by atoms with Gasteiger partial charge in [0.15, 0.2) is 56.6 Å². The molecule has 109 heavy (non-hydrogen) atoms. The number of nitrogens with one attached hydrogen (secondary N) is 3. The molecule has 49 nitrogen and oxygen atoms in total. The molecular formula is C60H101N3O46. The first-order valence-electron chi connectivity index (χ1n) is 34.6. The number of amides is 3. The van der Waals surface area contributed by atoms with E-state index in [1.165, 1.54) is 0 Å². The van der Waals surface area contributed by atoms with Gasteiger partial charge in [-0.3, -0.25) is 14.4 Å². The van der Waals surface area contributed by atoms with Crippen LogP contribution in [0.5, 0.6) is 0 Å². The average Bonchev–Trinajstić information content (AvgIpc) is 0.766. The molecule has 0 bridgehead atoms. The van der Waals surface area contributed by atoms with Crippen molar-refractivity contribution >= 4 is 17.7 Å². The molecule has 9 saturated heterocycles. The van der Waals surface area contributed by atoms with Crippen molar-refractivity contribution in [3.63, 3.8) is 0 Å². The highest BCUT2D eigenvalue weighted by atomic mass is 16.8. The Kier molecular flexibility index (Phi) is 32.1. The summed E-state index contributed by atoms with van der Waals surface area (Å²) in [4.78, 5) is 38.0. The summed E-state index contributed by atoms with van der Waals surface area (Å²) in [6, 6.07) is -5.52. The number of carbonyl (C=O) groups is 3. The number of ether oxygens (including phenoxy) is 17. The third kappa shape index (κ3) is 19.7. The Morgan fingerprint density at radius 3 is 0.890 bits per heavy atom. The van der Waals surface area contributed by atoms with Gasteiger partial charge in [0.05, 0.1) is 59.5 Å². The third-order valence-corrected chi connectivity index (χ3v) is 19.9. The number of aliphatic hydroxyl groups excluding tert-OH is 26. The lowest BCUT2D eigenvalue weighted by atomic mass is 9.93. The minimum absolute atomic E-state index is 0.787. The maximum Gasteiger partial charge on any atom is 0.217 e. The molecule has 0 aromatic carbocycles. The fraction of sp³-hybridized carbons (Fsp3) is 0.950. The van der Waals surface area contributed by atoms with Gasteiger partial charge in [0.2, 0.25) is 17.7 Å². The van der Waals surface area contributed by atoms with Crippen LogP contribution in [0.3, 0.4) is 0 Å². The van der Waals surface area contributed by atoms with Gasteiger partial charge in [0, 0.05) is 20.8 Å². The van der Waals surface area contributed by atoms with Gasteiger partial charge in [0.25, 0.3) is 0 Å². The summed E-state index contributed by atoms with van der Waals surface area (Å²) in [7, 11) is 0. The molecule has 45 atom stereocenters. The van der Waals surface area contributed by atoms with Crippen LogP contribution in [0.1, 0.15) is 20.8 Å². The maximum atomic E-state index is 13.0. The zero-order valence-electron chi connectivity index (χ0n) is 58.1. The summed E-state index contributed by atoms with van der Waals surface area (Å²) in [5.74, 6) is -2.69. The lowest BCUT2D eigenvalue weighted by molar-refractivity contribution is -0.398. The van der Waals surface area contributed by atoms with E-state index in [0.29, 0.717) is 0 Å². The first kappa shape index (κ1) is 89.6. The first-order chi connectivity index (χ1) is 51.6. The molecule has 632 valence electrons. The summed E-state index contributed by atoms with van der Waals surface area (Å²) in [6.45, 7) is -6.75. The van der Waals surface area contributed by atoms with E-state index in [2.05, 4.69) is 16.0 Å². The quantitative estimate of drug-likeness (QED) is 0.0346. The second-order valence-electron chi connectivity index (χ2n) is 27.5. The number of hydrogen-bond acceptors (Lipinski definition) is 46. The number of hydrogen-bond donors (Lipinski definition) is 29. The Labute approximate surface area is 616 Å². The molecule has 0 radical (unpaired) electrons. The minimum atomic E-state index is -2.57. The smallest absolute Gasteiger partial charge is 0.217 e. The molecule has 0 saturated carbocycles. The minimum Gasteiger partial charge on any atom is -0.394 e. The Morgan fingerprint density at radius 1 is 0.239 bits per heavy atom. The van der Waals surface area contributed by atoms with Crippen molar-refractivity contribution in [3.05, 3.63) is 0 Å². The van der Waals surface area contributed by atoms with Crippen LogP contribution in [0.25, 0.3) is 0 Å². The van der Waals surface area contributed by atoms with Crippen LogP contribution in [0.4, 0.5) is 0 Å². The summed E-state index contributed by atoms with van der Waals surface area (Å²) in [5.41, 5.74) is 0. The molecule has 9 unspecified atom stereocenters. The molecule has 9 aliphatic rings. The van der Waals surface area contributed by atoms with Gasteiger partial charge in [-0.15, -0.1) is 0 Å². The second kappa shape index (κ2) is 39.1. The van der Waals surface area contributed by atoms with Gasteiger partial charge in [0.1, 0.15) is 220 Å². The predicted octanol–water partition coefficient (Wildman–Crippen LogP) is -20.2. The van der Waals surface area contributed by atoms with Crippen molar-refractivity contribution in [3.8, 4) is 0 Å². The standard InChI is InChI=1S/C60H101N3O46/c1-13(71)61-25-34(80)46(20(8-68)95-52(25)92)104-53-26(62-14(2)72)35(81)48(22(10-70)100-53)106-59-45(91)50(108-60-51(40(86)31(77)19(7-67)99-60)109-54-27(63-15(3)73)36(82)47(21(9-69)101-54)105-57-42(88)38(84)29(75)17(5-65)97-57)33(79)24(103-59)12-94-56-44(90)49(107-58-43(89)39(85)30(76)18(6-66)98-58)32(78)23(102-56)11-93-55-41(87)37(83)28(74)16(4-64)96-55/h16-60,64-70,74-92H,4-12H2,1-3H3,(H,61,71)(H,62,72)(H,63,73)/t16-,17-,18-,19-,20-,21-,22-,23-,24-,25-,26-,27-,28-,29+,30-,31-,32-,33-,34-,35-,36-,37+,38+,39+,40+,41+,42-,43+,44+,45+,46-,47-,48-,49+,50+,51+,52?,53?,54?,55?,56?,57?,58?,59?,60?/m1/s1. The molecule has 0 aromatic rings. The Balaban J connectivity index is 1.05. The summed E-state index contributed by atoms with van der Waals surface area (Å²) < 4.78 is 99.4. The van der Waals surface area contributed by atoms with Crippen LogP contribution in [0.15, 0.2) is 0 Å². The van der Waals surface area contributed by atoms with Crippen molar-refractivity contribution in [1.29, 1.82) is 0 Å². The van der Waals surface area contributed by atoms with Crippen molar-refractivity contribution < 1.29 is 228 Å². The van der Waals surface area contributed by atoms with E-state index in [4.69, 9.17) is 80.5 Å². The zero-order chi connectivity index (χ0) is 80.2. The van der Waals surface area contributed by atoms with E-state index in [1.807, 2.05) is 0 Å². The van der Waals surface area contributed by atoms with E-state index in [9.17, 15) is 147 Å². The summed E-state index contributed by atoms with van der Waals surface area (Å²) >= 11 is 0. The lowest BCUT2D eigenvalue weighted by Gasteiger charge is -2.51. The van der Waals surface area contributed by atoms with Crippen molar-refractivity contribution in [2.45, 2.75) is 297 Å². The average molecular weight is 1600 g/mol. The normalized spacial score (nSPS) is 50.0. The fourth-order valence-corrected chi connectivity index (χ4v) is 14.0. The van der Waals surface area contributed by atoms with Gasteiger partial charge < -0.3 is 229 Å². The molecule has 9 heterocycles. The van der Waals surface area contributed by atoms with E-state index < -0.39 is 353 Å². The number of aliphatic hydroxyl groups is 26. The Morgan fingerprint density at radius 2 is 0.495 bits per heavy atom. The number of carbonyl (C=O) groups excluding carboxylic acids is 3. The van der Waals surface area contributed by atoms with E-state index in [1.54, 1.807) is 0 Å². The van der Waals surface area contributed by atoms with Crippen molar-refractivity contribution in [2.24, 2.45) is 0 Å². The second-order valence-corrected chi connectivity index (χ2v) is 27.5. The topological polar surface area (TPSA) is 770 Å².